The fraction of sp³-hybridized carbons (Fsp3) is 0.400. The second-order valence-electron chi connectivity index (χ2n) is 5.02. The Balaban J connectivity index is 1.73. The molecular weight excluding hydrogens is 270 g/mol. The SMILES string of the molecule is CCCc1nn(C)c(OCc2ccc3c(c2)OCO3)c1N. The number of anilines is 1. The minimum absolute atomic E-state index is 0.273. The highest BCUT2D eigenvalue weighted by Gasteiger charge is 2.16. The number of hydrogen-bond acceptors (Lipinski definition) is 5. The molecule has 0 saturated heterocycles. The van der Waals surface area contributed by atoms with Crippen LogP contribution in [0.1, 0.15) is 24.6 Å². The third-order valence-electron chi connectivity index (χ3n) is 3.41. The zero-order valence-corrected chi connectivity index (χ0v) is 12.3. The van der Waals surface area contributed by atoms with Gasteiger partial charge in [0, 0.05) is 7.05 Å². The standard InChI is InChI=1S/C15H19N3O3/c1-3-4-11-14(16)15(18(2)17-11)19-8-10-5-6-12-13(7-10)21-9-20-12/h5-7H,3-4,8-9,16H2,1-2H3. The lowest BCUT2D eigenvalue weighted by atomic mass is 10.2. The zero-order valence-electron chi connectivity index (χ0n) is 12.3. The smallest absolute Gasteiger partial charge is 0.236 e. The lowest BCUT2D eigenvalue weighted by Gasteiger charge is -2.08. The van der Waals surface area contributed by atoms with E-state index in [1.54, 1.807) is 4.68 Å². The summed E-state index contributed by atoms with van der Waals surface area (Å²) in [4.78, 5) is 0. The average molecular weight is 289 g/mol. The van der Waals surface area contributed by atoms with Crippen molar-refractivity contribution in [3.63, 3.8) is 0 Å². The Labute approximate surface area is 123 Å². The van der Waals surface area contributed by atoms with Crippen molar-refractivity contribution in [1.82, 2.24) is 9.78 Å². The highest BCUT2D eigenvalue weighted by Crippen LogP contribution is 2.33. The normalized spacial score (nSPS) is 12.7. The van der Waals surface area contributed by atoms with E-state index in [1.807, 2.05) is 25.2 Å². The van der Waals surface area contributed by atoms with Gasteiger partial charge in [-0.3, -0.25) is 0 Å². The first-order chi connectivity index (χ1) is 10.2. The van der Waals surface area contributed by atoms with Gasteiger partial charge in [-0.15, -0.1) is 0 Å². The quantitative estimate of drug-likeness (QED) is 0.914. The van der Waals surface area contributed by atoms with Crippen LogP contribution in [0.3, 0.4) is 0 Å². The molecule has 1 aromatic carbocycles. The number of fused-ring (bicyclic) bond motifs is 1. The first-order valence-corrected chi connectivity index (χ1v) is 7.01. The van der Waals surface area contributed by atoms with Crippen molar-refractivity contribution in [2.24, 2.45) is 7.05 Å². The maximum Gasteiger partial charge on any atom is 0.236 e. The fourth-order valence-corrected chi connectivity index (χ4v) is 2.35. The molecule has 0 saturated carbocycles. The van der Waals surface area contributed by atoms with E-state index in [-0.39, 0.29) is 6.79 Å². The molecule has 0 atom stereocenters. The molecule has 1 aromatic heterocycles. The van der Waals surface area contributed by atoms with Gasteiger partial charge in [0.25, 0.3) is 0 Å². The summed E-state index contributed by atoms with van der Waals surface area (Å²) < 4.78 is 18.1. The van der Waals surface area contributed by atoms with Crippen LogP contribution in [0.4, 0.5) is 5.69 Å². The van der Waals surface area contributed by atoms with Gasteiger partial charge >= 0.3 is 0 Å². The van der Waals surface area contributed by atoms with Gasteiger partial charge in [0.1, 0.15) is 12.3 Å². The van der Waals surface area contributed by atoms with E-state index in [0.29, 0.717) is 18.2 Å². The number of rotatable bonds is 5. The minimum atomic E-state index is 0.273. The molecule has 6 heteroatoms. The first-order valence-electron chi connectivity index (χ1n) is 7.01. The van der Waals surface area contributed by atoms with Crippen molar-refractivity contribution in [3.8, 4) is 17.4 Å². The molecule has 0 spiro atoms. The molecule has 0 radical (unpaired) electrons. The van der Waals surface area contributed by atoms with Crippen molar-refractivity contribution < 1.29 is 14.2 Å². The molecule has 0 bridgehead atoms. The molecule has 112 valence electrons. The van der Waals surface area contributed by atoms with Crippen molar-refractivity contribution in [2.75, 3.05) is 12.5 Å². The second-order valence-corrected chi connectivity index (χ2v) is 5.02. The fourth-order valence-electron chi connectivity index (χ4n) is 2.35. The molecule has 3 rings (SSSR count). The molecule has 0 unspecified atom stereocenters. The Morgan fingerprint density at radius 2 is 2.14 bits per heavy atom. The van der Waals surface area contributed by atoms with Crippen LogP contribution in [-0.2, 0) is 20.1 Å². The maximum atomic E-state index is 6.09. The van der Waals surface area contributed by atoms with E-state index in [0.717, 1.165) is 35.6 Å². The lowest BCUT2D eigenvalue weighted by Crippen LogP contribution is -2.02. The first kappa shape index (κ1) is 13.6. The molecule has 2 N–H and O–H groups in total. The summed E-state index contributed by atoms with van der Waals surface area (Å²) in [5, 5.41) is 4.39. The van der Waals surface area contributed by atoms with Gasteiger partial charge in [0.05, 0.1) is 5.69 Å². The molecule has 21 heavy (non-hydrogen) atoms. The van der Waals surface area contributed by atoms with Crippen LogP contribution in [0, 0.1) is 0 Å². The number of hydrogen-bond donors (Lipinski definition) is 1. The highest BCUT2D eigenvalue weighted by molar-refractivity contribution is 5.53. The third-order valence-corrected chi connectivity index (χ3v) is 3.41. The van der Waals surface area contributed by atoms with Gasteiger partial charge in [0.15, 0.2) is 11.5 Å². The van der Waals surface area contributed by atoms with E-state index in [2.05, 4.69) is 12.0 Å². The molecule has 2 heterocycles. The molecular formula is C15H19N3O3. The second kappa shape index (κ2) is 5.55. The van der Waals surface area contributed by atoms with Crippen molar-refractivity contribution in [1.29, 1.82) is 0 Å². The van der Waals surface area contributed by atoms with E-state index in [4.69, 9.17) is 19.9 Å². The van der Waals surface area contributed by atoms with Gasteiger partial charge in [-0.05, 0) is 24.1 Å². The molecule has 0 fully saturated rings. The maximum absolute atomic E-state index is 6.09. The van der Waals surface area contributed by atoms with Crippen LogP contribution in [0.25, 0.3) is 0 Å². The number of nitrogens with zero attached hydrogens (tertiary/aromatic N) is 2. The molecule has 1 aliphatic rings. The average Bonchev–Trinajstić information content (AvgIpc) is 3.03. The Bertz CT molecular complexity index is 652. The van der Waals surface area contributed by atoms with Crippen LogP contribution >= 0.6 is 0 Å². The predicted molar refractivity (Wildman–Crippen MR) is 78.5 cm³/mol. The van der Waals surface area contributed by atoms with Crippen molar-refractivity contribution >= 4 is 5.69 Å². The summed E-state index contributed by atoms with van der Waals surface area (Å²) in [5.74, 6) is 2.13. The number of nitrogens with two attached hydrogens (primary N) is 1. The van der Waals surface area contributed by atoms with Gasteiger partial charge in [-0.2, -0.15) is 5.10 Å². The monoisotopic (exact) mass is 289 g/mol. The molecule has 0 amide bonds. The Morgan fingerprint density at radius 1 is 1.33 bits per heavy atom. The van der Waals surface area contributed by atoms with E-state index >= 15 is 0 Å². The van der Waals surface area contributed by atoms with E-state index < -0.39 is 0 Å². The van der Waals surface area contributed by atoms with E-state index in [1.165, 1.54) is 0 Å². The summed E-state index contributed by atoms with van der Waals surface area (Å²) in [7, 11) is 1.84. The van der Waals surface area contributed by atoms with Crippen LogP contribution in [-0.4, -0.2) is 16.6 Å². The molecule has 1 aliphatic heterocycles. The Hall–Kier alpha value is -2.37. The van der Waals surface area contributed by atoms with Crippen LogP contribution in [0.15, 0.2) is 18.2 Å². The number of aryl methyl sites for hydroxylation is 2. The summed E-state index contributed by atoms with van der Waals surface area (Å²) in [6, 6.07) is 5.75. The summed E-state index contributed by atoms with van der Waals surface area (Å²) in [6.07, 6.45) is 1.86. The Morgan fingerprint density at radius 3 is 2.95 bits per heavy atom. The van der Waals surface area contributed by atoms with Gasteiger partial charge < -0.3 is 19.9 Å². The molecule has 0 aliphatic carbocycles. The summed E-state index contributed by atoms with van der Waals surface area (Å²) >= 11 is 0. The van der Waals surface area contributed by atoms with Crippen LogP contribution < -0.4 is 19.9 Å². The van der Waals surface area contributed by atoms with Gasteiger partial charge in [-0.25, -0.2) is 4.68 Å². The minimum Gasteiger partial charge on any atom is -0.471 e. The van der Waals surface area contributed by atoms with Crippen LogP contribution in [0.5, 0.6) is 17.4 Å². The van der Waals surface area contributed by atoms with Gasteiger partial charge in [0.2, 0.25) is 12.7 Å². The highest BCUT2D eigenvalue weighted by atomic mass is 16.7. The third kappa shape index (κ3) is 2.61. The summed E-state index contributed by atoms with van der Waals surface area (Å²) in [6.45, 7) is 2.78. The predicted octanol–water partition coefficient (Wildman–Crippen LogP) is 2.26. The Kier molecular flexibility index (Phi) is 3.60. The molecule has 2 aromatic rings. The molecule has 6 nitrogen and oxygen atoms in total. The lowest BCUT2D eigenvalue weighted by molar-refractivity contribution is 0.174. The van der Waals surface area contributed by atoms with Crippen LogP contribution in [0.2, 0.25) is 0 Å². The number of benzene rings is 1. The number of ether oxygens (including phenoxy) is 3. The largest absolute Gasteiger partial charge is 0.471 e. The number of aromatic nitrogens is 2. The number of nitrogen functional groups attached to an aromatic ring is 1. The van der Waals surface area contributed by atoms with Gasteiger partial charge in [-0.1, -0.05) is 19.4 Å². The topological polar surface area (TPSA) is 71.5 Å². The zero-order chi connectivity index (χ0) is 14.8. The van der Waals surface area contributed by atoms with Crippen molar-refractivity contribution in [2.45, 2.75) is 26.4 Å². The van der Waals surface area contributed by atoms with Crippen molar-refractivity contribution in [3.05, 3.63) is 29.5 Å². The summed E-state index contributed by atoms with van der Waals surface area (Å²) in [5.41, 5.74) is 8.60. The van der Waals surface area contributed by atoms with E-state index in [9.17, 15) is 0 Å².